The molecule has 0 aromatic carbocycles. The summed E-state index contributed by atoms with van der Waals surface area (Å²) >= 11 is 0. The Hall–Kier alpha value is -1.63. The van der Waals surface area contributed by atoms with Gasteiger partial charge in [0.2, 0.25) is 17.8 Å². The van der Waals surface area contributed by atoms with Crippen LogP contribution in [0.25, 0.3) is 0 Å². The predicted octanol–water partition coefficient (Wildman–Crippen LogP) is 1.09. The van der Waals surface area contributed by atoms with Crippen LogP contribution in [0, 0.1) is 0 Å². The van der Waals surface area contributed by atoms with Crippen molar-refractivity contribution in [3.63, 3.8) is 0 Å². The van der Waals surface area contributed by atoms with Crippen LogP contribution in [0.5, 0.6) is 0 Å². The molecule has 1 atom stereocenters. The number of nitrogens with one attached hydrogen (secondary N) is 2. The minimum Gasteiger partial charge on any atom is -0.396 e. The first-order valence-electron chi connectivity index (χ1n) is 7.35. The molecule has 3 N–H and O–H groups in total. The first-order valence-corrected chi connectivity index (χ1v) is 7.35. The fraction of sp³-hybridized carbons (Fsp3) is 0.769. The molecule has 0 radical (unpaired) electrons. The van der Waals surface area contributed by atoms with Gasteiger partial charge in [0, 0.05) is 32.3 Å². The highest BCUT2D eigenvalue weighted by Crippen LogP contribution is 2.19. The normalized spacial score (nSPS) is 16.2. The molecule has 1 aromatic heterocycles. The van der Waals surface area contributed by atoms with Crippen molar-refractivity contribution in [3.05, 3.63) is 0 Å². The van der Waals surface area contributed by atoms with Crippen molar-refractivity contribution in [1.82, 2.24) is 15.0 Å². The zero-order valence-electron chi connectivity index (χ0n) is 12.3. The van der Waals surface area contributed by atoms with Gasteiger partial charge in [0.25, 0.3) is 0 Å². The van der Waals surface area contributed by atoms with Gasteiger partial charge in [-0.05, 0) is 33.1 Å². The highest BCUT2D eigenvalue weighted by molar-refractivity contribution is 5.44. The van der Waals surface area contributed by atoms with Crippen molar-refractivity contribution in [2.24, 2.45) is 0 Å². The summed E-state index contributed by atoms with van der Waals surface area (Å²) in [6.07, 6.45) is 3.04. The van der Waals surface area contributed by atoms with Crippen LogP contribution in [-0.2, 0) is 0 Å². The smallest absolute Gasteiger partial charge is 0.231 e. The minimum absolute atomic E-state index is 0.128. The summed E-state index contributed by atoms with van der Waals surface area (Å²) in [6.45, 7) is 6.94. The van der Waals surface area contributed by atoms with Crippen LogP contribution >= 0.6 is 0 Å². The second kappa shape index (κ2) is 7.23. The summed E-state index contributed by atoms with van der Waals surface area (Å²) in [6, 6.07) is 0.128. The van der Waals surface area contributed by atoms with E-state index in [2.05, 4.69) is 30.5 Å². The number of aliphatic hydroxyl groups is 1. The van der Waals surface area contributed by atoms with E-state index in [1.54, 1.807) is 0 Å². The molecule has 0 saturated carbocycles. The number of aliphatic hydroxyl groups excluding tert-OH is 1. The summed E-state index contributed by atoms with van der Waals surface area (Å²) in [4.78, 5) is 15.5. The van der Waals surface area contributed by atoms with E-state index in [9.17, 15) is 0 Å². The average Bonchev–Trinajstić information content (AvgIpc) is 2.93. The highest BCUT2D eigenvalue weighted by atomic mass is 16.3. The molecule has 0 aliphatic carbocycles. The van der Waals surface area contributed by atoms with Gasteiger partial charge in [-0.2, -0.15) is 15.0 Å². The van der Waals surface area contributed by atoms with Crippen LogP contribution < -0.4 is 15.5 Å². The van der Waals surface area contributed by atoms with E-state index in [0.717, 1.165) is 25.6 Å². The molecule has 1 saturated heterocycles. The lowest BCUT2D eigenvalue weighted by molar-refractivity contribution is 0.282. The average molecular weight is 280 g/mol. The molecule has 1 unspecified atom stereocenters. The number of hydrogen-bond donors (Lipinski definition) is 3. The molecule has 20 heavy (non-hydrogen) atoms. The Labute approximate surface area is 119 Å². The van der Waals surface area contributed by atoms with Crippen LogP contribution in [0.1, 0.15) is 33.1 Å². The molecule has 7 nitrogen and oxygen atoms in total. The Morgan fingerprint density at radius 1 is 1.20 bits per heavy atom. The quantitative estimate of drug-likeness (QED) is 0.689. The predicted molar refractivity (Wildman–Crippen MR) is 80.2 cm³/mol. The van der Waals surface area contributed by atoms with E-state index in [1.165, 1.54) is 12.8 Å². The lowest BCUT2D eigenvalue weighted by Gasteiger charge is -2.18. The Balaban J connectivity index is 2.16. The van der Waals surface area contributed by atoms with Crippen LogP contribution in [0.2, 0.25) is 0 Å². The van der Waals surface area contributed by atoms with Gasteiger partial charge in [-0.25, -0.2) is 0 Å². The van der Waals surface area contributed by atoms with Gasteiger partial charge in [0.1, 0.15) is 0 Å². The minimum atomic E-state index is 0.128. The third kappa shape index (κ3) is 3.93. The van der Waals surface area contributed by atoms with E-state index in [1.807, 2.05) is 13.8 Å². The number of nitrogens with zero attached hydrogens (tertiary/aromatic N) is 4. The summed E-state index contributed by atoms with van der Waals surface area (Å²) < 4.78 is 0. The zero-order valence-corrected chi connectivity index (χ0v) is 12.3. The van der Waals surface area contributed by atoms with E-state index >= 15 is 0 Å². The molecule has 1 fully saturated rings. The van der Waals surface area contributed by atoms with Crippen molar-refractivity contribution in [2.45, 2.75) is 39.2 Å². The number of rotatable bonds is 7. The Kier molecular flexibility index (Phi) is 5.34. The van der Waals surface area contributed by atoms with Gasteiger partial charge in [-0.3, -0.25) is 0 Å². The molecule has 0 bridgehead atoms. The van der Waals surface area contributed by atoms with Crippen LogP contribution in [0.4, 0.5) is 17.8 Å². The maximum atomic E-state index is 8.97. The molecule has 0 spiro atoms. The molecule has 1 aliphatic heterocycles. The third-order valence-electron chi connectivity index (χ3n) is 3.29. The van der Waals surface area contributed by atoms with Gasteiger partial charge in [0.15, 0.2) is 0 Å². The molecule has 2 rings (SSSR count). The van der Waals surface area contributed by atoms with Crippen molar-refractivity contribution in [2.75, 3.05) is 41.8 Å². The molecule has 2 heterocycles. The fourth-order valence-corrected chi connectivity index (χ4v) is 2.21. The standard InChI is InChI=1S/C13H24N6O/c1-3-14-11-16-12(15-10(2)6-9-20)18-13(17-11)19-7-4-5-8-19/h10,20H,3-9H2,1-2H3,(H2,14,15,16,17,18). The van der Waals surface area contributed by atoms with Crippen molar-refractivity contribution >= 4 is 17.8 Å². The SMILES string of the molecule is CCNc1nc(NC(C)CCO)nc(N2CCCC2)n1. The molecule has 1 aliphatic rings. The monoisotopic (exact) mass is 280 g/mol. The first-order chi connectivity index (χ1) is 9.72. The van der Waals surface area contributed by atoms with Crippen LogP contribution in [0.3, 0.4) is 0 Å². The molecule has 112 valence electrons. The summed E-state index contributed by atoms with van der Waals surface area (Å²) in [5.41, 5.74) is 0. The first kappa shape index (κ1) is 14.8. The molecule has 0 amide bonds. The second-order valence-electron chi connectivity index (χ2n) is 5.06. The van der Waals surface area contributed by atoms with E-state index in [-0.39, 0.29) is 12.6 Å². The van der Waals surface area contributed by atoms with Gasteiger partial charge < -0.3 is 20.6 Å². The summed E-state index contributed by atoms with van der Waals surface area (Å²) in [5, 5.41) is 15.3. The van der Waals surface area contributed by atoms with Crippen molar-refractivity contribution < 1.29 is 5.11 Å². The van der Waals surface area contributed by atoms with Crippen LogP contribution in [0.15, 0.2) is 0 Å². The third-order valence-corrected chi connectivity index (χ3v) is 3.29. The maximum Gasteiger partial charge on any atom is 0.231 e. The van der Waals surface area contributed by atoms with Crippen molar-refractivity contribution in [1.29, 1.82) is 0 Å². The van der Waals surface area contributed by atoms with E-state index in [4.69, 9.17) is 5.11 Å². The maximum absolute atomic E-state index is 8.97. The molecule has 7 heteroatoms. The Morgan fingerprint density at radius 3 is 2.55 bits per heavy atom. The molecular weight excluding hydrogens is 256 g/mol. The van der Waals surface area contributed by atoms with E-state index < -0.39 is 0 Å². The molecular formula is C13H24N6O. The number of anilines is 3. The Bertz CT molecular complexity index is 421. The van der Waals surface area contributed by atoms with Gasteiger partial charge >= 0.3 is 0 Å². The van der Waals surface area contributed by atoms with Crippen molar-refractivity contribution in [3.8, 4) is 0 Å². The highest BCUT2D eigenvalue weighted by Gasteiger charge is 2.17. The topological polar surface area (TPSA) is 86.2 Å². The van der Waals surface area contributed by atoms with E-state index in [0.29, 0.717) is 18.3 Å². The van der Waals surface area contributed by atoms with Gasteiger partial charge in [-0.1, -0.05) is 0 Å². The summed E-state index contributed by atoms with van der Waals surface area (Å²) in [5.74, 6) is 1.90. The van der Waals surface area contributed by atoms with Gasteiger partial charge in [0.05, 0.1) is 0 Å². The second-order valence-corrected chi connectivity index (χ2v) is 5.06. The number of hydrogen-bond acceptors (Lipinski definition) is 7. The van der Waals surface area contributed by atoms with Crippen LogP contribution in [-0.4, -0.2) is 52.3 Å². The molecule has 1 aromatic rings. The fourth-order valence-electron chi connectivity index (χ4n) is 2.21. The lowest BCUT2D eigenvalue weighted by Crippen LogP contribution is -2.24. The lowest BCUT2D eigenvalue weighted by atomic mass is 10.2. The number of aromatic nitrogens is 3. The largest absolute Gasteiger partial charge is 0.396 e. The summed E-state index contributed by atoms with van der Waals surface area (Å²) in [7, 11) is 0. The van der Waals surface area contributed by atoms with Gasteiger partial charge in [-0.15, -0.1) is 0 Å². The Morgan fingerprint density at radius 2 is 1.90 bits per heavy atom. The zero-order chi connectivity index (χ0) is 14.4.